The van der Waals surface area contributed by atoms with Crippen LogP contribution >= 0.6 is 22.9 Å². The van der Waals surface area contributed by atoms with E-state index < -0.39 is 0 Å². The van der Waals surface area contributed by atoms with Crippen LogP contribution in [0, 0.1) is 0 Å². The molecule has 2 N–H and O–H groups in total. The molecule has 0 aliphatic rings. The SMILES string of the molecule is Nc1ncc(CCc2ccccc2Cl)s1. The lowest BCUT2D eigenvalue weighted by Gasteiger charge is -2.01. The fourth-order valence-corrected chi connectivity index (χ4v) is 2.31. The minimum atomic E-state index is 0.629. The Morgan fingerprint density at radius 2 is 2.07 bits per heavy atom. The number of nitrogens with two attached hydrogens (primary N) is 1. The molecule has 2 rings (SSSR count). The summed E-state index contributed by atoms with van der Waals surface area (Å²) in [7, 11) is 0. The molecular weight excluding hydrogens is 228 g/mol. The van der Waals surface area contributed by atoms with E-state index in [9.17, 15) is 0 Å². The minimum Gasteiger partial charge on any atom is -0.375 e. The molecule has 0 aliphatic heterocycles. The number of hydrogen-bond donors (Lipinski definition) is 1. The van der Waals surface area contributed by atoms with Crippen LogP contribution in [0.25, 0.3) is 0 Å². The van der Waals surface area contributed by atoms with Crippen LogP contribution in [0.3, 0.4) is 0 Å². The molecule has 1 aromatic carbocycles. The molecule has 0 radical (unpaired) electrons. The van der Waals surface area contributed by atoms with Crippen molar-refractivity contribution >= 4 is 28.1 Å². The van der Waals surface area contributed by atoms with Crippen molar-refractivity contribution in [3.63, 3.8) is 0 Å². The van der Waals surface area contributed by atoms with Crippen LogP contribution in [-0.4, -0.2) is 4.98 Å². The molecule has 1 heterocycles. The summed E-state index contributed by atoms with van der Waals surface area (Å²) in [5, 5.41) is 1.46. The van der Waals surface area contributed by atoms with Crippen LogP contribution < -0.4 is 5.73 Å². The second kappa shape index (κ2) is 4.64. The van der Waals surface area contributed by atoms with Crippen molar-refractivity contribution in [3.8, 4) is 0 Å². The zero-order valence-corrected chi connectivity index (χ0v) is 9.68. The summed E-state index contributed by atoms with van der Waals surface area (Å²) in [4.78, 5) is 5.22. The van der Waals surface area contributed by atoms with E-state index in [-0.39, 0.29) is 0 Å². The van der Waals surface area contributed by atoms with Gasteiger partial charge in [0.1, 0.15) is 0 Å². The van der Waals surface area contributed by atoms with Crippen molar-refractivity contribution in [1.29, 1.82) is 0 Å². The number of aryl methyl sites for hydroxylation is 2. The summed E-state index contributed by atoms with van der Waals surface area (Å²) in [6, 6.07) is 7.91. The summed E-state index contributed by atoms with van der Waals surface area (Å²) in [5.74, 6) is 0. The molecule has 0 atom stereocenters. The zero-order chi connectivity index (χ0) is 10.7. The van der Waals surface area contributed by atoms with E-state index in [1.54, 1.807) is 0 Å². The number of halogens is 1. The Hall–Kier alpha value is -1.06. The number of aromatic nitrogens is 1. The van der Waals surface area contributed by atoms with Gasteiger partial charge in [0.25, 0.3) is 0 Å². The third kappa shape index (κ3) is 2.70. The molecule has 4 heteroatoms. The van der Waals surface area contributed by atoms with Crippen molar-refractivity contribution < 1.29 is 0 Å². The predicted molar refractivity (Wildman–Crippen MR) is 65.4 cm³/mol. The van der Waals surface area contributed by atoms with E-state index in [1.807, 2.05) is 30.5 Å². The lowest BCUT2D eigenvalue weighted by Crippen LogP contribution is -1.89. The van der Waals surface area contributed by atoms with E-state index in [0.29, 0.717) is 5.13 Å². The molecule has 1 aromatic heterocycles. The molecule has 0 unspecified atom stereocenters. The predicted octanol–water partition coefficient (Wildman–Crippen LogP) is 3.16. The van der Waals surface area contributed by atoms with Gasteiger partial charge in [-0.1, -0.05) is 29.8 Å². The van der Waals surface area contributed by atoms with Gasteiger partial charge in [-0.2, -0.15) is 0 Å². The summed E-state index contributed by atoms with van der Waals surface area (Å²) in [6.45, 7) is 0. The van der Waals surface area contributed by atoms with E-state index in [1.165, 1.54) is 21.8 Å². The quantitative estimate of drug-likeness (QED) is 0.892. The van der Waals surface area contributed by atoms with Crippen molar-refractivity contribution in [1.82, 2.24) is 4.98 Å². The minimum absolute atomic E-state index is 0.629. The second-order valence-electron chi connectivity index (χ2n) is 3.26. The highest BCUT2D eigenvalue weighted by Crippen LogP contribution is 2.20. The first-order valence-corrected chi connectivity index (χ1v) is 5.89. The number of benzene rings is 1. The van der Waals surface area contributed by atoms with Crippen molar-refractivity contribution in [2.24, 2.45) is 0 Å². The summed E-state index contributed by atoms with van der Waals surface area (Å²) < 4.78 is 0. The third-order valence-electron chi connectivity index (χ3n) is 2.17. The number of anilines is 1. The lowest BCUT2D eigenvalue weighted by atomic mass is 10.1. The molecule has 0 spiro atoms. The molecule has 2 aromatic rings. The fraction of sp³-hybridized carbons (Fsp3) is 0.182. The summed E-state index contributed by atoms with van der Waals surface area (Å²) >= 11 is 7.60. The highest BCUT2D eigenvalue weighted by molar-refractivity contribution is 7.15. The van der Waals surface area contributed by atoms with Gasteiger partial charge < -0.3 is 5.73 Å². The average molecular weight is 239 g/mol. The van der Waals surface area contributed by atoms with Crippen LogP contribution in [0.4, 0.5) is 5.13 Å². The van der Waals surface area contributed by atoms with Gasteiger partial charge in [0.15, 0.2) is 5.13 Å². The zero-order valence-electron chi connectivity index (χ0n) is 8.11. The number of nitrogen functional groups attached to an aromatic ring is 1. The Balaban J connectivity index is 2.02. The Morgan fingerprint density at radius 3 is 2.73 bits per heavy atom. The highest BCUT2D eigenvalue weighted by Gasteiger charge is 2.02. The molecule has 0 amide bonds. The van der Waals surface area contributed by atoms with Crippen molar-refractivity contribution in [3.05, 3.63) is 45.9 Å². The van der Waals surface area contributed by atoms with Crippen LogP contribution in [-0.2, 0) is 12.8 Å². The van der Waals surface area contributed by atoms with Gasteiger partial charge >= 0.3 is 0 Å². The topological polar surface area (TPSA) is 38.9 Å². The largest absolute Gasteiger partial charge is 0.375 e. The van der Waals surface area contributed by atoms with Gasteiger partial charge in [-0.15, -0.1) is 11.3 Å². The lowest BCUT2D eigenvalue weighted by molar-refractivity contribution is 0.977. The maximum Gasteiger partial charge on any atom is 0.180 e. The molecule has 0 saturated carbocycles. The molecule has 0 fully saturated rings. The molecule has 0 aliphatic carbocycles. The van der Waals surface area contributed by atoms with Gasteiger partial charge in [-0.3, -0.25) is 0 Å². The van der Waals surface area contributed by atoms with E-state index in [2.05, 4.69) is 4.98 Å². The standard InChI is InChI=1S/C11H11ClN2S/c12-10-4-2-1-3-8(10)5-6-9-7-14-11(13)15-9/h1-4,7H,5-6H2,(H2,13,14). The van der Waals surface area contributed by atoms with Gasteiger partial charge in [0.2, 0.25) is 0 Å². The Bertz CT molecular complexity index is 453. The molecule has 0 saturated heterocycles. The smallest absolute Gasteiger partial charge is 0.180 e. The Labute approximate surface area is 97.7 Å². The third-order valence-corrected chi connectivity index (χ3v) is 3.43. The molecule has 15 heavy (non-hydrogen) atoms. The normalized spacial score (nSPS) is 10.5. The van der Waals surface area contributed by atoms with E-state index >= 15 is 0 Å². The summed E-state index contributed by atoms with van der Waals surface area (Å²) in [6.07, 6.45) is 3.71. The van der Waals surface area contributed by atoms with Crippen LogP contribution in [0.15, 0.2) is 30.5 Å². The van der Waals surface area contributed by atoms with Crippen LogP contribution in [0.1, 0.15) is 10.4 Å². The van der Waals surface area contributed by atoms with E-state index in [4.69, 9.17) is 17.3 Å². The van der Waals surface area contributed by atoms with Gasteiger partial charge in [-0.25, -0.2) is 4.98 Å². The maximum absolute atomic E-state index is 6.06. The average Bonchev–Trinajstić information content (AvgIpc) is 2.63. The second-order valence-corrected chi connectivity index (χ2v) is 4.81. The van der Waals surface area contributed by atoms with Crippen molar-refractivity contribution in [2.45, 2.75) is 12.8 Å². The highest BCUT2D eigenvalue weighted by atomic mass is 35.5. The van der Waals surface area contributed by atoms with E-state index in [0.717, 1.165) is 17.9 Å². The first-order valence-electron chi connectivity index (χ1n) is 4.69. The maximum atomic E-state index is 6.06. The monoisotopic (exact) mass is 238 g/mol. The fourth-order valence-electron chi connectivity index (χ4n) is 1.40. The first kappa shape index (κ1) is 10.5. The van der Waals surface area contributed by atoms with Crippen LogP contribution in [0.2, 0.25) is 5.02 Å². The number of nitrogens with zero attached hydrogens (tertiary/aromatic N) is 1. The Kier molecular flexibility index (Phi) is 3.23. The molecule has 0 bridgehead atoms. The Morgan fingerprint density at radius 1 is 1.27 bits per heavy atom. The van der Waals surface area contributed by atoms with Gasteiger partial charge in [0.05, 0.1) is 0 Å². The summed E-state index contributed by atoms with van der Waals surface area (Å²) in [5.41, 5.74) is 6.73. The van der Waals surface area contributed by atoms with Crippen LogP contribution in [0.5, 0.6) is 0 Å². The number of thiazole rings is 1. The van der Waals surface area contributed by atoms with Crippen molar-refractivity contribution in [2.75, 3.05) is 5.73 Å². The molecule has 2 nitrogen and oxygen atoms in total. The first-order chi connectivity index (χ1) is 7.25. The number of hydrogen-bond acceptors (Lipinski definition) is 3. The van der Waals surface area contributed by atoms with Gasteiger partial charge in [0, 0.05) is 16.1 Å². The number of rotatable bonds is 3. The molecule has 78 valence electrons. The molecular formula is C11H11ClN2S. The van der Waals surface area contributed by atoms with Gasteiger partial charge in [-0.05, 0) is 24.5 Å².